The van der Waals surface area contributed by atoms with Gasteiger partial charge in [0.25, 0.3) is 0 Å². The zero-order valence-corrected chi connectivity index (χ0v) is 13.7. The van der Waals surface area contributed by atoms with Gasteiger partial charge < -0.3 is 11.1 Å². The summed E-state index contributed by atoms with van der Waals surface area (Å²) in [7, 11) is -0.409. The normalized spacial score (nSPS) is 13.8. The fourth-order valence-electron chi connectivity index (χ4n) is 2.06. The predicted molar refractivity (Wildman–Crippen MR) is 84.3 cm³/mol. The Morgan fingerprint density at radius 2 is 1.85 bits per heavy atom. The maximum atomic E-state index is 12.1. The van der Waals surface area contributed by atoms with Gasteiger partial charge in [-0.15, -0.1) is 0 Å². The van der Waals surface area contributed by atoms with Crippen LogP contribution in [0.4, 0.5) is 11.4 Å². The molecule has 1 aromatic carbocycles. The lowest BCUT2D eigenvalue weighted by Crippen LogP contribution is -2.23. The van der Waals surface area contributed by atoms with Crippen molar-refractivity contribution in [3.8, 4) is 0 Å². The van der Waals surface area contributed by atoms with Gasteiger partial charge in [0.2, 0.25) is 10.0 Å². The maximum absolute atomic E-state index is 12.1. The number of hydrogen-bond donors (Lipinski definition) is 2. The van der Waals surface area contributed by atoms with Crippen molar-refractivity contribution in [2.75, 3.05) is 25.1 Å². The minimum Gasteiger partial charge on any atom is -0.397 e. The summed E-state index contributed by atoms with van der Waals surface area (Å²) in [5, 5.41) is 3.28. The molecule has 6 heteroatoms. The van der Waals surface area contributed by atoms with Crippen LogP contribution < -0.4 is 11.1 Å². The van der Waals surface area contributed by atoms with E-state index in [0.717, 1.165) is 6.42 Å². The van der Waals surface area contributed by atoms with Gasteiger partial charge in [0.05, 0.1) is 16.3 Å². The molecule has 0 spiro atoms. The molecule has 20 heavy (non-hydrogen) atoms. The zero-order valence-electron chi connectivity index (χ0n) is 12.8. The van der Waals surface area contributed by atoms with Gasteiger partial charge >= 0.3 is 0 Å². The highest BCUT2D eigenvalue weighted by atomic mass is 32.2. The first-order valence-corrected chi connectivity index (χ1v) is 8.17. The minimum atomic E-state index is -3.44. The Balaban J connectivity index is 3.04. The molecule has 1 unspecified atom stereocenters. The molecule has 1 atom stereocenters. The first kappa shape index (κ1) is 16.8. The van der Waals surface area contributed by atoms with E-state index < -0.39 is 10.0 Å². The Morgan fingerprint density at radius 1 is 1.25 bits per heavy atom. The van der Waals surface area contributed by atoms with Crippen molar-refractivity contribution in [2.45, 2.75) is 38.1 Å². The third-order valence-corrected chi connectivity index (χ3v) is 4.84. The monoisotopic (exact) mass is 299 g/mol. The lowest BCUT2D eigenvalue weighted by atomic mass is 10.0. The highest BCUT2D eigenvalue weighted by Crippen LogP contribution is 2.25. The molecule has 0 heterocycles. The highest BCUT2D eigenvalue weighted by Gasteiger charge is 2.18. The molecule has 3 N–H and O–H groups in total. The number of benzene rings is 1. The zero-order chi connectivity index (χ0) is 15.5. The largest absolute Gasteiger partial charge is 0.397 e. The first-order chi connectivity index (χ1) is 9.14. The highest BCUT2D eigenvalue weighted by molar-refractivity contribution is 7.89. The smallest absolute Gasteiger partial charge is 0.242 e. The summed E-state index contributed by atoms with van der Waals surface area (Å²) in [5.74, 6) is 0.562. The van der Waals surface area contributed by atoms with Gasteiger partial charge in [-0.3, -0.25) is 0 Å². The summed E-state index contributed by atoms with van der Waals surface area (Å²) >= 11 is 0. The molecule has 0 fully saturated rings. The fourth-order valence-corrected chi connectivity index (χ4v) is 2.99. The Labute approximate surface area is 122 Å². The van der Waals surface area contributed by atoms with E-state index in [9.17, 15) is 8.42 Å². The van der Waals surface area contributed by atoms with E-state index in [1.54, 1.807) is 12.1 Å². The van der Waals surface area contributed by atoms with Crippen molar-refractivity contribution >= 4 is 21.4 Å². The molecular formula is C14H25N3O2S. The summed E-state index contributed by atoms with van der Waals surface area (Å²) < 4.78 is 25.4. The van der Waals surface area contributed by atoms with E-state index in [-0.39, 0.29) is 10.9 Å². The molecule has 0 aromatic heterocycles. The Hall–Kier alpha value is -1.27. The van der Waals surface area contributed by atoms with Gasteiger partial charge in [-0.2, -0.15) is 0 Å². The third kappa shape index (κ3) is 4.11. The first-order valence-electron chi connectivity index (χ1n) is 6.73. The topological polar surface area (TPSA) is 75.4 Å². The van der Waals surface area contributed by atoms with Crippen molar-refractivity contribution in [3.63, 3.8) is 0 Å². The lowest BCUT2D eigenvalue weighted by Gasteiger charge is -2.20. The SMILES string of the molecule is CC(C)CC(C)Nc1cc(S(=O)(=O)N(C)C)ccc1N. The lowest BCUT2D eigenvalue weighted by molar-refractivity contribution is 0.520. The number of anilines is 2. The molecule has 5 nitrogen and oxygen atoms in total. The molecular weight excluding hydrogens is 274 g/mol. The van der Waals surface area contributed by atoms with E-state index >= 15 is 0 Å². The molecule has 0 saturated carbocycles. The van der Waals surface area contributed by atoms with E-state index in [4.69, 9.17) is 5.73 Å². The van der Waals surface area contributed by atoms with Gasteiger partial charge in [-0.05, 0) is 37.5 Å². The summed E-state index contributed by atoms with van der Waals surface area (Å²) in [6.45, 7) is 6.36. The van der Waals surface area contributed by atoms with Crippen LogP contribution in [0, 0.1) is 5.92 Å². The van der Waals surface area contributed by atoms with Crippen molar-refractivity contribution in [3.05, 3.63) is 18.2 Å². The van der Waals surface area contributed by atoms with Crippen LogP contribution in [0.1, 0.15) is 27.2 Å². The number of nitrogens with zero attached hydrogens (tertiary/aromatic N) is 1. The maximum Gasteiger partial charge on any atom is 0.242 e. The van der Waals surface area contributed by atoms with E-state index in [1.807, 2.05) is 0 Å². The molecule has 0 saturated heterocycles. The van der Waals surface area contributed by atoms with E-state index in [0.29, 0.717) is 17.3 Å². The Bertz CT molecular complexity index is 554. The number of nitrogen functional groups attached to an aromatic ring is 1. The van der Waals surface area contributed by atoms with Gasteiger partial charge in [-0.25, -0.2) is 12.7 Å². The predicted octanol–water partition coefficient (Wildman–Crippen LogP) is 2.37. The minimum absolute atomic E-state index is 0.231. The van der Waals surface area contributed by atoms with E-state index in [2.05, 4.69) is 26.1 Å². The second-order valence-electron chi connectivity index (χ2n) is 5.71. The Morgan fingerprint density at radius 3 is 2.35 bits per heavy atom. The van der Waals surface area contributed by atoms with Crippen molar-refractivity contribution < 1.29 is 8.42 Å². The molecule has 0 amide bonds. The van der Waals surface area contributed by atoms with Crippen LogP contribution in [-0.4, -0.2) is 32.9 Å². The number of hydrogen-bond acceptors (Lipinski definition) is 4. The Kier molecular flexibility index (Phi) is 5.42. The number of nitrogens with two attached hydrogens (primary N) is 1. The number of rotatable bonds is 6. The van der Waals surface area contributed by atoms with Gasteiger partial charge in [0.1, 0.15) is 0 Å². The fraction of sp³-hybridized carbons (Fsp3) is 0.571. The van der Waals surface area contributed by atoms with Crippen molar-refractivity contribution in [1.82, 2.24) is 4.31 Å². The molecule has 0 aliphatic rings. The van der Waals surface area contributed by atoms with Crippen LogP contribution in [0.25, 0.3) is 0 Å². The third-order valence-electron chi connectivity index (χ3n) is 3.03. The summed E-state index contributed by atoms with van der Waals surface area (Å²) in [6.07, 6.45) is 0.990. The van der Waals surface area contributed by atoms with Crippen LogP contribution in [0.15, 0.2) is 23.1 Å². The molecule has 1 rings (SSSR count). The average Bonchev–Trinajstić information content (AvgIpc) is 2.30. The molecule has 114 valence electrons. The van der Waals surface area contributed by atoms with Gasteiger partial charge in [0, 0.05) is 20.1 Å². The molecule has 0 aliphatic heterocycles. The second kappa shape index (κ2) is 6.45. The standard InChI is InChI=1S/C14H25N3O2S/c1-10(2)8-11(3)16-14-9-12(6-7-13(14)15)20(18,19)17(4)5/h6-7,9-11,16H,8,15H2,1-5H3. The van der Waals surface area contributed by atoms with Crippen LogP contribution >= 0.6 is 0 Å². The summed E-state index contributed by atoms with van der Waals surface area (Å²) in [4.78, 5) is 0.246. The quantitative estimate of drug-likeness (QED) is 0.791. The second-order valence-corrected chi connectivity index (χ2v) is 7.86. The molecule has 0 bridgehead atoms. The van der Waals surface area contributed by atoms with Crippen molar-refractivity contribution in [2.24, 2.45) is 5.92 Å². The van der Waals surface area contributed by atoms with Crippen LogP contribution in [-0.2, 0) is 10.0 Å². The van der Waals surface area contributed by atoms with Crippen LogP contribution in [0.2, 0.25) is 0 Å². The summed E-state index contributed by atoms with van der Waals surface area (Å²) in [5.41, 5.74) is 7.14. The molecule has 0 radical (unpaired) electrons. The van der Waals surface area contributed by atoms with Crippen LogP contribution in [0.5, 0.6) is 0 Å². The van der Waals surface area contributed by atoms with E-state index in [1.165, 1.54) is 24.5 Å². The van der Waals surface area contributed by atoms with Crippen LogP contribution in [0.3, 0.4) is 0 Å². The van der Waals surface area contributed by atoms with Crippen molar-refractivity contribution in [1.29, 1.82) is 0 Å². The van der Waals surface area contributed by atoms with Gasteiger partial charge in [0.15, 0.2) is 0 Å². The number of nitrogens with one attached hydrogen (secondary N) is 1. The molecule has 0 aliphatic carbocycles. The number of sulfonamides is 1. The molecule has 1 aromatic rings. The average molecular weight is 299 g/mol. The summed E-state index contributed by atoms with van der Waals surface area (Å²) in [6, 6.07) is 4.99. The van der Waals surface area contributed by atoms with Gasteiger partial charge in [-0.1, -0.05) is 13.8 Å².